The van der Waals surface area contributed by atoms with Gasteiger partial charge in [-0.15, -0.1) is 0 Å². The number of hydrogen-bond acceptors (Lipinski definition) is 4. The van der Waals surface area contributed by atoms with Crippen molar-refractivity contribution in [1.29, 1.82) is 0 Å². The standard InChI is InChI=1S/C10H14N2OS/c1-6-8(7(2)14)5-12-10-9(6)11-3-4-13-10/h5,7,11,14H,3-4H2,1-2H3. The number of ether oxygens (including phenoxy) is 1. The van der Waals surface area contributed by atoms with E-state index in [1.165, 1.54) is 5.56 Å². The fourth-order valence-corrected chi connectivity index (χ4v) is 1.92. The van der Waals surface area contributed by atoms with Crippen molar-refractivity contribution < 1.29 is 4.74 Å². The summed E-state index contributed by atoms with van der Waals surface area (Å²) in [6.07, 6.45) is 1.85. The van der Waals surface area contributed by atoms with Gasteiger partial charge in [0.2, 0.25) is 5.88 Å². The first-order valence-corrected chi connectivity index (χ1v) is 5.26. The van der Waals surface area contributed by atoms with Crippen LogP contribution in [0.15, 0.2) is 6.20 Å². The fourth-order valence-electron chi connectivity index (χ4n) is 1.66. The monoisotopic (exact) mass is 210 g/mol. The lowest BCUT2D eigenvalue weighted by atomic mass is 10.1. The van der Waals surface area contributed by atoms with Crippen molar-refractivity contribution in [2.45, 2.75) is 19.1 Å². The largest absolute Gasteiger partial charge is 0.474 e. The van der Waals surface area contributed by atoms with Crippen LogP contribution in [0, 0.1) is 6.92 Å². The van der Waals surface area contributed by atoms with Crippen molar-refractivity contribution in [3.05, 3.63) is 17.3 Å². The quantitative estimate of drug-likeness (QED) is 0.697. The molecule has 3 nitrogen and oxygen atoms in total. The lowest BCUT2D eigenvalue weighted by Crippen LogP contribution is -2.20. The van der Waals surface area contributed by atoms with Gasteiger partial charge in [0.1, 0.15) is 12.3 Å². The molecule has 0 radical (unpaired) electrons. The molecule has 0 aromatic carbocycles. The molecule has 1 unspecified atom stereocenters. The number of aromatic nitrogens is 1. The number of fused-ring (bicyclic) bond motifs is 1. The first-order chi connectivity index (χ1) is 6.70. The summed E-state index contributed by atoms with van der Waals surface area (Å²) >= 11 is 4.42. The van der Waals surface area contributed by atoms with E-state index in [0.29, 0.717) is 12.5 Å². The molecule has 0 aliphatic carbocycles. The third-order valence-electron chi connectivity index (χ3n) is 2.44. The van der Waals surface area contributed by atoms with Crippen LogP contribution >= 0.6 is 12.6 Å². The molecule has 0 amide bonds. The van der Waals surface area contributed by atoms with Crippen molar-refractivity contribution >= 4 is 18.3 Å². The maximum absolute atomic E-state index is 5.44. The molecule has 76 valence electrons. The van der Waals surface area contributed by atoms with Gasteiger partial charge in [0.25, 0.3) is 0 Å². The second-order valence-electron chi connectivity index (χ2n) is 3.47. The van der Waals surface area contributed by atoms with Gasteiger partial charge in [-0.3, -0.25) is 0 Å². The highest BCUT2D eigenvalue weighted by Crippen LogP contribution is 2.34. The van der Waals surface area contributed by atoms with E-state index in [9.17, 15) is 0 Å². The maximum atomic E-state index is 5.44. The summed E-state index contributed by atoms with van der Waals surface area (Å²) in [5.74, 6) is 0.714. The molecule has 1 N–H and O–H groups in total. The summed E-state index contributed by atoms with van der Waals surface area (Å²) in [6, 6.07) is 0. The Morgan fingerprint density at radius 3 is 3.14 bits per heavy atom. The van der Waals surface area contributed by atoms with Crippen LogP contribution in [-0.2, 0) is 0 Å². The minimum absolute atomic E-state index is 0.205. The molecule has 1 aromatic rings. The van der Waals surface area contributed by atoms with Crippen molar-refractivity contribution in [3.8, 4) is 5.88 Å². The second-order valence-corrected chi connectivity index (χ2v) is 4.24. The number of nitrogens with one attached hydrogen (secondary N) is 1. The Bertz CT molecular complexity index is 352. The Labute approximate surface area is 89.3 Å². The molecule has 0 saturated carbocycles. The summed E-state index contributed by atoms with van der Waals surface area (Å²) in [5, 5.41) is 3.51. The summed E-state index contributed by atoms with van der Waals surface area (Å²) in [4.78, 5) is 4.27. The average molecular weight is 210 g/mol. The van der Waals surface area contributed by atoms with E-state index in [0.717, 1.165) is 17.8 Å². The number of rotatable bonds is 1. The first kappa shape index (κ1) is 9.65. The lowest BCUT2D eigenvalue weighted by Gasteiger charge is -2.22. The number of pyridine rings is 1. The molecular formula is C10H14N2OS. The van der Waals surface area contributed by atoms with E-state index in [4.69, 9.17) is 4.74 Å². The molecule has 0 saturated heterocycles. The summed E-state index contributed by atoms with van der Waals surface area (Å²) in [6.45, 7) is 5.66. The van der Waals surface area contributed by atoms with Gasteiger partial charge in [-0.25, -0.2) is 4.98 Å². The highest BCUT2D eigenvalue weighted by atomic mass is 32.1. The Morgan fingerprint density at radius 1 is 1.64 bits per heavy atom. The first-order valence-electron chi connectivity index (χ1n) is 4.74. The fraction of sp³-hybridized carbons (Fsp3) is 0.500. The van der Waals surface area contributed by atoms with Gasteiger partial charge in [0.05, 0.1) is 0 Å². The summed E-state index contributed by atoms with van der Waals surface area (Å²) < 4.78 is 5.44. The van der Waals surface area contributed by atoms with Crippen LogP contribution < -0.4 is 10.1 Å². The van der Waals surface area contributed by atoms with Crippen LogP contribution in [0.25, 0.3) is 0 Å². The smallest absolute Gasteiger partial charge is 0.237 e. The van der Waals surface area contributed by atoms with Crippen molar-refractivity contribution in [3.63, 3.8) is 0 Å². The predicted molar refractivity (Wildman–Crippen MR) is 60.4 cm³/mol. The van der Waals surface area contributed by atoms with E-state index < -0.39 is 0 Å². The van der Waals surface area contributed by atoms with E-state index in [2.05, 4.69) is 29.9 Å². The molecular weight excluding hydrogens is 196 g/mol. The average Bonchev–Trinajstić information content (AvgIpc) is 2.18. The number of hydrogen-bond donors (Lipinski definition) is 2. The predicted octanol–water partition coefficient (Wildman–Crippen LogP) is 2.19. The Morgan fingerprint density at radius 2 is 2.43 bits per heavy atom. The number of thiol groups is 1. The summed E-state index contributed by atoms with van der Waals surface area (Å²) in [5.41, 5.74) is 3.37. The minimum Gasteiger partial charge on any atom is -0.474 e. The third-order valence-corrected chi connectivity index (χ3v) is 2.71. The van der Waals surface area contributed by atoms with Crippen LogP contribution in [-0.4, -0.2) is 18.1 Å². The van der Waals surface area contributed by atoms with Gasteiger partial charge in [-0.2, -0.15) is 12.6 Å². The van der Waals surface area contributed by atoms with Crippen molar-refractivity contribution in [2.24, 2.45) is 0 Å². The zero-order chi connectivity index (χ0) is 10.1. The van der Waals surface area contributed by atoms with Gasteiger partial charge in [0, 0.05) is 18.0 Å². The molecule has 14 heavy (non-hydrogen) atoms. The van der Waals surface area contributed by atoms with Crippen molar-refractivity contribution in [2.75, 3.05) is 18.5 Å². The number of anilines is 1. The minimum atomic E-state index is 0.205. The molecule has 1 aliphatic heterocycles. The third kappa shape index (κ3) is 1.54. The van der Waals surface area contributed by atoms with Gasteiger partial charge in [-0.1, -0.05) is 0 Å². The van der Waals surface area contributed by atoms with E-state index in [-0.39, 0.29) is 5.25 Å². The van der Waals surface area contributed by atoms with E-state index >= 15 is 0 Å². The molecule has 0 fully saturated rings. The van der Waals surface area contributed by atoms with Crippen molar-refractivity contribution in [1.82, 2.24) is 4.98 Å². The molecule has 2 heterocycles. The van der Waals surface area contributed by atoms with Gasteiger partial charge < -0.3 is 10.1 Å². The Hall–Kier alpha value is -0.900. The van der Waals surface area contributed by atoms with Crippen LogP contribution in [0.5, 0.6) is 5.88 Å². The topological polar surface area (TPSA) is 34.2 Å². The summed E-state index contributed by atoms with van der Waals surface area (Å²) in [7, 11) is 0. The van der Waals surface area contributed by atoms with Crippen LogP contribution in [0.1, 0.15) is 23.3 Å². The number of nitrogens with zero attached hydrogens (tertiary/aromatic N) is 1. The molecule has 1 atom stereocenters. The van der Waals surface area contributed by atoms with Crippen LogP contribution in [0.3, 0.4) is 0 Å². The Balaban J connectivity index is 2.49. The molecule has 0 bridgehead atoms. The van der Waals surface area contributed by atoms with Crippen LogP contribution in [0.4, 0.5) is 5.69 Å². The maximum Gasteiger partial charge on any atom is 0.237 e. The van der Waals surface area contributed by atoms with E-state index in [1.807, 2.05) is 13.1 Å². The van der Waals surface area contributed by atoms with E-state index in [1.54, 1.807) is 0 Å². The van der Waals surface area contributed by atoms with Gasteiger partial charge >= 0.3 is 0 Å². The zero-order valence-electron chi connectivity index (χ0n) is 8.37. The van der Waals surface area contributed by atoms with Gasteiger partial charge in [0.15, 0.2) is 0 Å². The second kappa shape index (κ2) is 3.69. The SMILES string of the molecule is Cc1c(C(C)S)cnc2c1NCCO2. The molecule has 2 rings (SSSR count). The molecule has 0 spiro atoms. The highest BCUT2D eigenvalue weighted by Gasteiger charge is 2.17. The highest BCUT2D eigenvalue weighted by molar-refractivity contribution is 7.80. The molecule has 1 aromatic heterocycles. The van der Waals surface area contributed by atoms with Gasteiger partial charge in [-0.05, 0) is 25.0 Å². The molecule has 4 heteroatoms. The van der Waals surface area contributed by atoms with Crippen LogP contribution in [0.2, 0.25) is 0 Å². The zero-order valence-corrected chi connectivity index (χ0v) is 9.27. The molecule has 1 aliphatic rings. The normalized spacial score (nSPS) is 16.5. The Kier molecular flexibility index (Phi) is 2.54. The lowest BCUT2D eigenvalue weighted by molar-refractivity contribution is 0.310.